The molecule has 1 aliphatic carbocycles. The number of imide groups is 1. The highest BCUT2D eigenvalue weighted by atomic mass is 19.4. The van der Waals surface area contributed by atoms with Crippen LogP contribution >= 0.6 is 0 Å². The van der Waals surface area contributed by atoms with E-state index in [1.807, 2.05) is 30.3 Å². The number of benzene rings is 2. The standard InChI is InChI=1S/C27H24F3N5O4/c28-27(29,30)21-9-5-4-8-18(21)24(36)34-14-12-33(13-15-34)22-10-11-23(32-31-22)35(26(38)39)25(37)20-16-19(20)17-6-2-1-3-7-17/h1-11,19-20H,12-16H2,(H,38,39). The lowest BCUT2D eigenvalue weighted by molar-refractivity contribution is -0.138. The maximum Gasteiger partial charge on any atom is 0.420 e. The van der Waals surface area contributed by atoms with Crippen molar-refractivity contribution in [1.82, 2.24) is 15.1 Å². The van der Waals surface area contributed by atoms with Crippen LogP contribution in [0.25, 0.3) is 0 Å². The van der Waals surface area contributed by atoms with E-state index in [2.05, 4.69) is 10.2 Å². The van der Waals surface area contributed by atoms with Crippen LogP contribution in [0, 0.1) is 5.92 Å². The molecule has 1 aromatic heterocycles. The number of alkyl halides is 3. The van der Waals surface area contributed by atoms with Crippen molar-refractivity contribution in [3.05, 3.63) is 83.4 Å². The number of anilines is 2. The molecule has 1 saturated carbocycles. The Labute approximate surface area is 221 Å². The summed E-state index contributed by atoms with van der Waals surface area (Å²) in [6.07, 6.45) is -5.54. The molecule has 12 heteroatoms. The number of carbonyl (C=O) groups is 3. The molecule has 3 amide bonds. The molecule has 2 aliphatic rings. The SMILES string of the molecule is O=C(c1ccccc1C(F)(F)F)N1CCN(c2ccc(N(C(=O)O)C(=O)C3CC3c3ccccc3)nn2)CC1. The summed E-state index contributed by atoms with van der Waals surface area (Å²) < 4.78 is 40.0. The smallest absolute Gasteiger partial charge is 0.420 e. The molecule has 3 aromatic rings. The zero-order chi connectivity index (χ0) is 27.7. The summed E-state index contributed by atoms with van der Waals surface area (Å²) in [6, 6.07) is 17.0. The third-order valence-electron chi connectivity index (χ3n) is 6.97. The molecule has 1 aliphatic heterocycles. The van der Waals surface area contributed by atoms with Gasteiger partial charge in [-0.3, -0.25) is 9.59 Å². The predicted octanol–water partition coefficient (Wildman–Crippen LogP) is 4.27. The Bertz CT molecular complexity index is 1380. The van der Waals surface area contributed by atoms with Crippen LogP contribution < -0.4 is 9.80 Å². The van der Waals surface area contributed by atoms with Crippen molar-refractivity contribution in [3.63, 3.8) is 0 Å². The Morgan fingerprint density at radius 3 is 2.15 bits per heavy atom. The Morgan fingerprint density at radius 1 is 0.872 bits per heavy atom. The van der Waals surface area contributed by atoms with Crippen LogP contribution in [0.2, 0.25) is 0 Å². The molecule has 1 N–H and O–H groups in total. The maximum atomic E-state index is 13.3. The van der Waals surface area contributed by atoms with Gasteiger partial charge in [0, 0.05) is 32.1 Å². The quantitative estimate of drug-likeness (QED) is 0.516. The summed E-state index contributed by atoms with van der Waals surface area (Å²) in [5.74, 6) is -1.49. The van der Waals surface area contributed by atoms with Gasteiger partial charge in [0.25, 0.3) is 5.91 Å². The lowest BCUT2D eigenvalue weighted by Gasteiger charge is -2.35. The van der Waals surface area contributed by atoms with E-state index in [9.17, 15) is 32.7 Å². The number of carboxylic acid groups (broad SMARTS) is 1. The zero-order valence-electron chi connectivity index (χ0n) is 20.6. The molecule has 0 spiro atoms. The summed E-state index contributed by atoms with van der Waals surface area (Å²) in [5.41, 5.74) is -0.397. The minimum Gasteiger partial charge on any atom is -0.464 e. The van der Waals surface area contributed by atoms with E-state index < -0.39 is 41.1 Å². The number of amides is 3. The van der Waals surface area contributed by atoms with Crippen molar-refractivity contribution in [3.8, 4) is 0 Å². The van der Waals surface area contributed by atoms with Crippen LogP contribution in [-0.4, -0.2) is 64.3 Å². The molecule has 5 rings (SSSR count). The Kier molecular flexibility index (Phi) is 6.94. The lowest BCUT2D eigenvalue weighted by Crippen LogP contribution is -2.49. The van der Waals surface area contributed by atoms with Crippen molar-refractivity contribution in [1.29, 1.82) is 0 Å². The molecule has 0 radical (unpaired) electrons. The van der Waals surface area contributed by atoms with Gasteiger partial charge in [-0.25, -0.2) is 4.79 Å². The van der Waals surface area contributed by atoms with Crippen LogP contribution in [0.15, 0.2) is 66.7 Å². The third-order valence-corrected chi connectivity index (χ3v) is 6.97. The van der Waals surface area contributed by atoms with Crippen LogP contribution in [0.1, 0.15) is 33.8 Å². The molecule has 2 fully saturated rings. The first-order chi connectivity index (χ1) is 18.6. The number of piperazine rings is 1. The van der Waals surface area contributed by atoms with Gasteiger partial charge in [0.05, 0.1) is 11.1 Å². The van der Waals surface area contributed by atoms with Gasteiger partial charge in [0.1, 0.15) is 0 Å². The molecule has 0 bridgehead atoms. The number of rotatable bonds is 5. The van der Waals surface area contributed by atoms with Crippen LogP contribution in [0.3, 0.4) is 0 Å². The van der Waals surface area contributed by atoms with E-state index in [0.29, 0.717) is 17.1 Å². The second-order valence-electron chi connectivity index (χ2n) is 9.39. The summed E-state index contributed by atoms with van der Waals surface area (Å²) in [6.45, 7) is 0.903. The average Bonchev–Trinajstić information content (AvgIpc) is 3.74. The predicted molar refractivity (Wildman–Crippen MR) is 134 cm³/mol. The Morgan fingerprint density at radius 2 is 1.54 bits per heavy atom. The second-order valence-corrected chi connectivity index (χ2v) is 9.39. The van der Waals surface area contributed by atoms with Gasteiger partial charge in [-0.15, -0.1) is 10.2 Å². The van der Waals surface area contributed by atoms with Gasteiger partial charge in [-0.05, 0) is 42.2 Å². The van der Waals surface area contributed by atoms with Crippen molar-refractivity contribution in [2.24, 2.45) is 5.92 Å². The summed E-state index contributed by atoms with van der Waals surface area (Å²) in [4.78, 5) is 41.5. The highest BCUT2D eigenvalue weighted by Crippen LogP contribution is 2.48. The Balaban J connectivity index is 1.23. The minimum absolute atomic E-state index is 0.0464. The second kappa shape index (κ2) is 10.4. The highest BCUT2D eigenvalue weighted by molar-refractivity contribution is 6.12. The van der Waals surface area contributed by atoms with E-state index in [1.54, 1.807) is 4.90 Å². The molecule has 202 valence electrons. The van der Waals surface area contributed by atoms with Crippen molar-refractivity contribution >= 4 is 29.5 Å². The van der Waals surface area contributed by atoms with Gasteiger partial charge in [-0.1, -0.05) is 42.5 Å². The fraction of sp³-hybridized carbons (Fsp3) is 0.296. The normalized spacial score (nSPS) is 18.9. The molecular weight excluding hydrogens is 515 g/mol. The monoisotopic (exact) mass is 539 g/mol. The molecule has 2 unspecified atom stereocenters. The maximum absolute atomic E-state index is 13.3. The fourth-order valence-electron chi connectivity index (χ4n) is 4.84. The largest absolute Gasteiger partial charge is 0.464 e. The number of hydrogen-bond acceptors (Lipinski definition) is 6. The minimum atomic E-state index is -4.64. The molecule has 39 heavy (non-hydrogen) atoms. The van der Waals surface area contributed by atoms with Crippen LogP contribution in [-0.2, 0) is 11.0 Å². The number of hydrogen-bond donors (Lipinski definition) is 1. The first-order valence-corrected chi connectivity index (χ1v) is 12.3. The third kappa shape index (κ3) is 5.40. The van der Waals surface area contributed by atoms with Crippen LogP contribution in [0.5, 0.6) is 0 Å². The highest BCUT2D eigenvalue weighted by Gasteiger charge is 2.48. The molecule has 2 heterocycles. The van der Waals surface area contributed by atoms with Gasteiger partial charge in [-0.2, -0.15) is 18.1 Å². The fourth-order valence-corrected chi connectivity index (χ4v) is 4.84. The van der Waals surface area contributed by atoms with E-state index in [4.69, 9.17) is 0 Å². The number of carbonyl (C=O) groups excluding carboxylic acids is 2. The molecule has 1 saturated heterocycles. The van der Waals surface area contributed by atoms with Gasteiger partial charge in [0.15, 0.2) is 11.6 Å². The van der Waals surface area contributed by atoms with Crippen molar-refractivity contribution < 1.29 is 32.7 Å². The molecule has 2 atom stereocenters. The lowest BCUT2D eigenvalue weighted by atomic mass is 10.1. The molecule has 9 nitrogen and oxygen atoms in total. The first kappa shape index (κ1) is 26.1. The van der Waals surface area contributed by atoms with Crippen LogP contribution in [0.4, 0.5) is 29.6 Å². The first-order valence-electron chi connectivity index (χ1n) is 12.3. The van der Waals surface area contributed by atoms with E-state index >= 15 is 0 Å². The van der Waals surface area contributed by atoms with Crippen molar-refractivity contribution in [2.75, 3.05) is 36.0 Å². The average molecular weight is 540 g/mol. The topological polar surface area (TPSA) is 107 Å². The molecular formula is C27H24F3N5O4. The van der Waals surface area contributed by atoms with Crippen molar-refractivity contribution in [2.45, 2.75) is 18.5 Å². The van der Waals surface area contributed by atoms with E-state index in [-0.39, 0.29) is 37.9 Å². The Hall–Kier alpha value is -4.48. The molecule has 2 aromatic carbocycles. The van der Waals surface area contributed by atoms with Gasteiger partial charge < -0.3 is 14.9 Å². The summed E-state index contributed by atoms with van der Waals surface area (Å²) in [5, 5.41) is 17.8. The number of halogens is 3. The number of nitrogens with zero attached hydrogens (tertiary/aromatic N) is 5. The van der Waals surface area contributed by atoms with E-state index in [0.717, 1.165) is 11.6 Å². The van der Waals surface area contributed by atoms with Gasteiger partial charge in [0.2, 0.25) is 5.91 Å². The van der Waals surface area contributed by atoms with E-state index in [1.165, 1.54) is 35.2 Å². The zero-order valence-corrected chi connectivity index (χ0v) is 20.6. The number of aromatic nitrogens is 2. The van der Waals surface area contributed by atoms with Gasteiger partial charge >= 0.3 is 12.3 Å². The summed E-state index contributed by atoms with van der Waals surface area (Å²) in [7, 11) is 0. The summed E-state index contributed by atoms with van der Waals surface area (Å²) >= 11 is 0.